The van der Waals surface area contributed by atoms with Crippen molar-refractivity contribution in [1.82, 2.24) is 4.90 Å². The maximum absolute atomic E-state index is 12.6. The van der Waals surface area contributed by atoms with Crippen LogP contribution in [0.4, 0.5) is 14.5 Å². The molecule has 9 heteroatoms. The first-order valence-electron chi connectivity index (χ1n) is 8.61. The first-order valence-corrected chi connectivity index (χ1v) is 9.60. The van der Waals surface area contributed by atoms with Gasteiger partial charge in [-0.3, -0.25) is 9.69 Å². The molecule has 0 bridgehead atoms. The van der Waals surface area contributed by atoms with Crippen molar-refractivity contribution in [1.29, 1.82) is 5.26 Å². The molecule has 154 valence electrons. The van der Waals surface area contributed by atoms with Gasteiger partial charge in [0.15, 0.2) is 11.5 Å². The van der Waals surface area contributed by atoms with E-state index in [-0.39, 0.29) is 29.7 Å². The predicted octanol–water partition coefficient (Wildman–Crippen LogP) is 3.98. The molecule has 1 amide bonds. The molecule has 2 aromatic carbocycles. The van der Waals surface area contributed by atoms with Gasteiger partial charge in [-0.15, -0.1) is 11.8 Å². The number of halogens is 2. The normalized spacial score (nSPS) is 10.7. The van der Waals surface area contributed by atoms with Gasteiger partial charge < -0.3 is 14.8 Å². The Bertz CT molecular complexity index is 874. The topological polar surface area (TPSA) is 74.6 Å². The Morgan fingerprint density at radius 2 is 2.03 bits per heavy atom. The Hall–Kier alpha value is -2.83. The zero-order valence-electron chi connectivity index (χ0n) is 16.0. The number of methoxy groups -OCH3 is 1. The summed E-state index contributed by atoms with van der Waals surface area (Å²) in [4.78, 5) is 14.9. The largest absolute Gasteiger partial charge is 0.493 e. The highest BCUT2D eigenvalue weighted by Crippen LogP contribution is 2.30. The minimum atomic E-state index is -2.96. The van der Waals surface area contributed by atoms with Gasteiger partial charge in [0.1, 0.15) is 0 Å². The van der Waals surface area contributed by atoms with Crippen LogP contribution in [0.25, 0.3) is 0 Å². The zero-order valence-corrected chi connectivity index (χ0v) is 16.8. The van der Waals surface area contributed by atoms with Crippen LogP contribution in [-0.2, 0) is 11.3 Å². The van der Waals surface area contributed by atoms with Crippen molar-refractivity contribution < 1.29 is 23.0 Å². The van der Waals surface area contributed by atoms with Crippen molar-refractivity contribution in [3.63, 3.8) is 0 Å². The average Bonchev–Trinajstić information content (AvgIpc) is 2.67. The molecular weight excluding hydrogens is 400 g/mol. The summed E-state index contributed by atoms with van der Waals surface area (Å²) in [6, 6.07) is 14.0. The number of ether oxygens (including phenoxy) is 2. The number of para-hydroxylation sites is 1. The van der Waals surface area contributed by atoms with E-state index in [0.29, 0.717) is 17.8 Å². The molecule has 0 aliphatic rings. The van der Waals surface area contributed by atoms with Crippen molar-refractivity contribution in [2.45, 2.75) is 18.1 Å². The number of amides is 1. The number of thioether (sulfide) groups is 1. The van der Waals surface area contributed by atoms with Crippen molar-refractivity contribution in [3.8, 4) is 17.6 Å². The highest BCUT2D eigenvalue weighted by atomic mass is 32.2. The zero-order chi connectivity index (χ0) is 21.2. The van der Waals surface area contributed by atoms with Crippen LogP contribution in [0.2, 0.25) is 0 Å². The minimum absolute atomic E-state index is 0.0544. The van der Waals surface area contributed by atoms with E-state index in [0.717, 1.165) is 4.90 Å². The maximum Gasteiger partial charge on any atom is 0.387 e. The fraction of sp³-hybridized carbons (Fsp3) is 0.300. The van der Waals surface area contributed by atoms with Crippen LogP contribution < -0.4 is 14.8 Å². The number of hydrogen-bond acceptors (Lipinski definition) is 6. The SMILES string of the molecule is COc1ccc(CN(C)CC(=O)Nc2ccccc2SCC#N)cc1OC(F)F. The lowest BCUT2D eigenvalue weighted by molar-refractivity contribution is -0.117. The molecule has 0 radical (unpaired) electrons. The Kier molecular flexibility index (Phi) is 8.70. The number of nitrogens with one attached hydrogen (secondary N) is 1. The fourth-order valence-corrected chi connectivity index (χ4v) is 3.29. The molecule has 1 N–H and O–H groups in total. The summed E-state index contributed by atoms with van der Waals surface area (Å²) in [5.41, 5.74) is 1.34. The van der Waals surface area contributed by atoms with Crippen LogP contribution in [0.1, 0.15) is 5.56 Å². The summed E-state index contributed by atoms with van der Waals surface area (Å²) in [7, 11) is 3.12. The van der Waals surface area contributed by atoms with Gasteiger partial charge in [-0.1, -0.05) is 18.2 Å². The summed E-state index contributed by atoms with van der Waals surface area (Å²) in [6.07, 6.45) is 0. The Morgan fingerprint density at radius 1 is 1.28 bits per heavy atom. The molecule has 2 aromatic rings. The van der Waals surface area contributed by atoms with Crippen molar-refractivity contribution in [2.75, 3.05) is 31.8 Å². The van der Waals surface area contributed by atoms with Crippen LogP contribution in [-0.4, -0.2) is 43.9 Å². The number of anilines is 1. The summed E-state index contributed by atoms with van der Waals surface area (Å²) in [5, 5.41) is 11.6. The maximum atomic E-state index is 12.6. The van der Waals surface area contributed by atoms with Gasteiger partial charge in [0.05, 0.1) is 31.2 Å². The van der Waals surface area contributed by atoms with Gasteiger partial charge in [-0.2, -0.15) is 14.0 Å². The molecule has 0 aliphatic carbocycles. The Labute approximate surface area is 172 Å². The third kappa shape index (κ3) is 7.25. The third-order valence-electron chi connectivity index (χ3n) is 3.76. The summed E-state index contributed by atoms with van der Waals surface area (Å²) >= 11 is 1.34. The van der Waals surface area contributed by atoms with Crippen LogP contribution in [0, 0.1) is 11.3 Å². The van der Waals surface area contributed by atoms with Crippen LogP contribution >= 0.6 is 11.8 Å². The first-order chi connectivity index (χ1) is 13.9. The number of alkyl halides is 2. The number of nitrogens with zero attached hydrogens (tertiary/aromatic N) is 2. The lowest BCUT2D eigenvalue weighted by atomic mass is 10.2. The van der Waals surface area contributed by atoms with Crippen molar-refractivity contribution in [3.05, 3.63) is 48.0 Å². The average molecular weight is 421 g/mol. The van der Waals surface area contributed by atoms with Crippen LogP contribution in [0.3, 0.4) is 0 Å². The molecule has 0 aromatic heterocycles. The highest BCUT2D eigenvalue weighted by molar-refractivity contribution is 7.99. The van der Waals surface area contributed by atoms with E-state index in [1.54, 1.807) is 36.2 Å². The number of likely N-dealkylation sites (N-methyl/N-ethyl adjacent to an activating group) is 1. The summed E-state index contributed by atoms with van der Waals surface area (Å²) in [5.74, 6) is 0.213. The number of carbonyl (C=O) groups excluding carboxylic acids is 1. The van der Waals surface area contributed by atoms with Gasteiger partial charge in [0.2, 0.25) is 5.91 Å². The summed E-state index contributed by atoms with van der Waals surface area (Å²) < 4.78 is 34.6. The molecule has 29 heavy (non-hydrogen) atoms. The smallest absolute Gasteiger partial charge is 0.387 e. The fourth-order valence-electron chi connectivity index (χ4n) is 2.62. The van der Waals surface area contributed by atoms with Crippen LogP contribution in [0.5, 0.6) is 11.5 Å². The van der Waals surface area contributed by atoms with Crippen molar-refractivity contribution >= 4 is 23.4 Å². The Balaban J connectivity index is 1.98. The quantitative estimate of drug-likeness (QED) is 0.585. The van der Waals surface area contributed by atoms with Gasteiger partial charge in [-0.05, 0) is 36.9 Å². The third-order valence-corrected chi connectivity index (χ3v) is 4.70. The number of rotatable bonds is 10. The second-order valence-corrected chi connectivity index (χ2v) is 7.04. The molecule has 0 spiro atoms. The predicted molar refractivity (Wildman–Crippen MR) is 107 cm³/mol. The first kappa shape index (κ1) is 22.5. The highest BCUT2D eigenvalue weighted by Gasteiger charge is 2.14. The second-order valence-electron chi connectivity index (χ2n) is 6.03. The molecule has 0 fully saturated rings. The minimum Gasteiger partial charge on any atom is -0.493 e. The van der Waals surface area contributed by atoms with Gasteiger partial charge >= 0.3 is 6.61 Å². The summed E-state index contributed by atoms with van der Waals surface area (Å²) in [6.45, 7) is -2.52. The molecule has 2 rings (SSSR count). The number of carbonyl (C=O) groups is 1. The van der Waals surface area contributed by atoms with E-state index in [1.165, 1.54) is 24.9 Å². The second kappa shape index (κ2) is 11.2. The van der Waals surface area contributed by atoms with Crippen LogP contribution in [0.15, 0.2) is 47.4 Å². The molecule has 0 heterocycles. The van der Waals surface area contributed by atoms with E-state index < -0.39 is 6.61 Å². The number of hydrogen-bond donors (Lipinski definition) is 1. The molecule has 6 nitrogen and oxygen atoms in total. The molecule has 0 saturated carbocycles. The Morgan fingerprint density at radius 3 is 2.72 bits per heavy atom. The molecular formula is C20H21F2N3O3S. The molecule has 0 atom stereocenters. The van der Waals surface area contributed by atoms with E-state index >= 15 is 0 Å². The molecule has 0 saturated heterocycles. The van der Waals surface area contributed by atoms with Gasteiger partial charge in [0.25, 0.3) is 0 Å². The van der Waals surface area contributed by atoms with Gasteiger partial charge in [0, 0.05) is 11.4 Å². The van der Waals surface area contributed by atoms with Gasteiger partial charge in [-0.25, -0.2) is 0 Å². The lowest BCUT2D eigenvalue weighted by Gasteiger charge is -2.18. The molecule has 0 unspecified atom stereocenters. The van der Waals surface area contributed by atoms with E-state index in [9.17, 15) is 13.6 Å². The monoisotopic (exact) mass is 421 g/mol. The number of nitriles is 1. The molecule has 0 aliphatic heterocycles. The van der Waals surface area contributed by atoms with Crippen molar-refractivity contribution in [2.24, 2.45) is 0 Å². The van der Waals surface area contributed by atoms with E-state index in [2.05, 4.69) is 16.1 Å². The standard InChI is InChI=1S/C20H21F2N3O3S/c1-25(12-14-7-8-16(27-2)17(11-14)28-20(21)22)13-19(26)24-15-5-3-4-6-18(15)29-10-9-23/h3-8,11,20H,10,12-13H2,1-2H3,(H,24,26). The van der Waals surface area contributed by atoms with E-state index in [1.807, 2.05) is 12.1 Å². The van der Waals surface area contributed by atoms with E-state index in [4.69, 9.17) is 10.00 Å². The number of benzene rings is 2. The lowest BCUT2D eigenvalue weighted by Crippen LogP contribution is -2.30.